The summed E-state index contributed by atoms with van der Waals surface area (Å²) in [5, 5.41) is 6.96. The van der Waals surface area contributed by atoms with Crippen molar-refractivity contribution in [1.29, 1.82) is 0 Å². The highest BCUT2D eigenvalue weighted by atomic mass is 35.5. The van der Waals surface area contributed by atoms with E-state index >= 15 is 0 Å². The van der Waals surface area contributed by atoms with Crippen LogP contribution in [0, 0.1) is 0 Å². The monoisotopic (exact) mass is 313 g/mol. The van der Waals surface area contributed by atoms with Crippen LogP contribution in [-0.2, 0) is 22.5 Å². The lowest BCUT2D eigenvalue weighted by Crippen LogP contribution is -2.11. The maximum atomic E-state index is 11.8. The van der Waals surface area contributed by atoms with E-state index in [1.54, 1.807) is 24.2 Å². The van der Waals surface area contributed by atoms with Crippen LogP contribution >= 0.6 is 22.9 Å². The lowest BCUT2D eigenvalue weighted by atomic mass is 10.2. The molecule has 2 aromatic heterocycles. The number of nitrogens with zero attached hydrogens (tertiary/aromatic N) is 2. The molecule has 1 amide bonds. The van der Waals surface area contributed by atoms with Gasteiger partial charge >= 0.3 is 0 Å². The number of carbonyl (C=O) groups is 1. The third-order valence-corrected chi connectivity index (χ3v) is 3.96. The molecule has 0 spiro atoms. The number of hydrogen-bond donors (Lipinski definition) is 1. The van der Waals surface area contributed by atoms with Gasteiger partial charge in [0.1, 0.15) is 0 Å². The lowest BCUT2D eigenvalue weighted by Gasteiger charge is -2.01. The first-order valence-electron chi connectivity index (χ1n) is 6.23. The highest BCUT2D eigenvalue weighted by Crippen LogP contribution is 2.22. The van der Waals surface area contributed by atoms with Crippen molar-refractivity contribution in [1.82, 2.24) is 9.78 Å². The van der Waals surface area contributed by atoms with Crippen molar-refractivity contribution in [3.8, 4) is 0 Å². The molecular weight excluding hydrogens is 298 g/mol. The van der Waals surface area contributed by atoms with Gasteiger partial charge in [-0.15, -0.1) is 11.3 Å². The Kier molecular flexibility index (Phi) is 5.58. The Bertz CT molecular complexity index is 567. The molecule has 0 aliphatic carbocycles. The van der Waals surface area contributed by atoms with Crippen LogP contribution in [0.4, 0.5) is 5.69 Å². The quantitative estimate of drug-likeness (QED) is 0.855. The van der Waals surface area contributed by atoms with E-state index in [-0.39, 0.29) is 5.91 Å². The van der Waals surface area contributed by atoms with Gasteiger partial charge in [0.15, 0.2) is 0 Å². The first-order chi connectivity index (χ1) is 9.67. The number of carbonyl (C=O) groups excluding carboxylic acids is 1. The van der Waals surface area contributed by atoms with Gasteiger partial charge < -0.3 is 10.1 Å². The topological polar surface area (TPSA) is 56.1 Å². The van der Waals surface area contributed by atoms with E-state index in [1.165, 1.54) is 11.3 Å². The second kappa shape index (κ2) is 7.42. The number of methoxy groups -OCH3 is 1. The number of amides is 1. The van der Waals surface area contributed by atoms with E-state index in [0.717, 1.165) is 9.21 Å². The van der Waals surface area contributed by atoms with Crippen molar-refractivity contribution in [3.05, 3.63) is 33.7 Å². The Labute approximate surface area is 126 Å². The summed E-state index contributed by atoms with van der Waals surface area (Å²) < 4.78 is 7.45. The number of aryl methyl sites for hydroxylation is 1. The molecule has 7 heteroatoms. The Hall–Kier alpha value is -1.37. The zero-order valence-corrected chi connectivity index (χ0v) is 12.7. The zero-order valence-electron chi connectivity index (χ0n) is 11.1. The van der Waals surface area contributed by atoms with Crippen LogP contribution in [0.3, 0.4) is 0 Å². The van der Waals surface area contributed by atoms with Crippen molar-refractivity contribution in [2.24, 2.45) is 0 Å². The van der Waals surface area contributed by atoms with Gasteiger partial charge in [-0.3, -0.25) is 9.48 Å². The number of anilines is 1. The van der Waals surface area contributed by atoms with E-state index in [0.29, 0.717) is 31.7 Å². The summed E-state index contributed by atoms with van der Waals surface area (Å²) in [6.45, 7) is 1.26. The smallest absolute Gasteiger partial charge is 0.224 e. The molecule has 2 rings (SSSR count). The molecule has 1 N–H and O–H groups in total. The number of ether oxygens (including phenoxy) is 1. The maximum Gasteiger partial charge on any atom is 0.224 e. The number of thiophene rings is 1. The summed E-state index contributed by atoms with van der Waals surface area (Å²) in [7, 11) is 1.64. The summed E-state index contributed by atoms with van der Waals surface area (Å²) in [6.07, 6.45) is 4.55. The summed E-state index contributed by atoms with van der Waals surface area (Å²) >= 11 is 7.35. The summed E-state index contributed by atoms with van der Waals surface area (Å²) in [6, 6.07) is 3.79. The first kappa shape index (κ1) is 15.0. The largest absolute Gasteiger partial charge is 0.383 e. The van der Waals surface area contributed by atoms with Crippen LogP contribution in [-0.4, -0.2) is 29.4 Å². The van der Waals surface area contributed by atoms with E-state index in [1.807, 2.05) is 12.1 Å². The molecule has 108 valence electrons. The predicted molar refractivity (Wildman–Crippen MR) is 80.4 cm³/mol. The van der Waals surface area contributed by atoms with Gasteiger partial charge in [-0.2, -0.15) is 5.10 Å². The fourth-order valence-electron chi connectivity index (χ4n) is 1.68. The molecule has 0 unspecified atom stereocenters. The minimum Gasteiger partial charge on any atom is -0.383 e. The van der Waals surface area contributed by atoms with Crippen LogP contribution in [0.1, 0.15) is 11.3 Å². The Morgan fingerprint density at radius 3 is 3.10 bits per heavy atom. The highest BCUT2D eigenvalue weighted by Gasteiger charge is 2.06. The predicted octanol–water partition coefficient (Wildman–Crippen LogP) is 2.82. The molecule has 2 heterocycles. The van der Waals surface area contributed by atoms with Gasteiger partial charge in [0, 0.05) is 24.6 Å². The van der Waals surface area contributed by atoms with E-state index in [9.17, 15) is 4.79 Å². The number of aromatic nitrogens is 2. The van der Waals surface area contributed by atoms with E-state index < -0.39 is 0 Å². The number of halogens is 1. The summed E-state index contributed by atoms with van der Waals surface area (Å²) in [5.74, 6) is -0.0270. The molecule has 0 atom stereocenters. The molecule has 0 aliphatic rings. The number of nitrogens with one attached hydrogen (secondary N) is 1. The average molecular weight is 314 g/mol. The highest BCUT2D eigenvalue weighted by molar-refractivity contribution is 7.16. The molecule has 0 saturated carbocycles. The van der Waals surface area contributed by atoms with Gasteiger partial charge in [0.25, 0.3) is 0 Å². The normalized spacial score (nSPS) is 10.7. The standard InChI is InChI=1S/C13H16ClN3O2S/c1-19-7-6-17-9-10(8-15-17)16-13(18)5-3-11-2-4-12(14)20-11/h2,4,8-9H,3,5-7H2,1H3,(H,16,18). The van der Waals surface area contributed by atoms with E-state index in [2.05, 4.69) is 10.4 Å². The average Bonchev–Trinajstić information content (AvgIpc) is 3.03. The number of hydrogen-bond acceptors (Lipinski definition) is 4. The molecule has 0 radical (unpaired) electrons. The molecule has 0 aromatic carbocycles. The third kappa shape index (κ3) is 4.63. The summed E-state index contributed by atoms with van der Waals surface area (Å²) in [5.41, 5.74) is 0.704. The van der Waals surface area contributed by atoms with Gasteiger partial charge in [-0.05, 0) is 18.6 Å². The van der Waals surface area contributed by atoms with Crippen LogP contribution in [0.2, 0.25) is 4.34 Å². The SMILES string of the molecule is COCCn1cc(NC(=O)CCc2ccc(Cl)s2)cn1. The van der Waals surface area contributed by atoms with E-state index in [4.69, 9.17) is 16.3 Å². The Balaban J connectivity index is 1.77. The molecule has 0 bridgehead atoms. The third-order valence-electron chi connectivity index (χ3n) is 2.67. The Morgan fingerprint density at radius 2 is 2.40 bits per heavy atom. The van der Waals surface area contributed by atoms with Crippen LogP contribution in [0.5, 0.6) is 0 Å². The molecule has 2 aromatic rings. The van der Waals surface area contributed by atoms with Gasteiger partial charge in [0.2, 0.25) is 5.91 Å². The zero-order chi connectivity index (χ0) is 14.4. The molecule has 20 heavy (non-hydrogen) atoms. The molecular formula is C13H16ClN3O2S. The first-order valence-corrected chi connectivity index (χ1v) is 7.42. The minimum atomic E-state index is -0.0270. The lowest BCUT2D eigenvalue weighted by molar-refractivity contribution is -0.116. The maximum absolute atomic E-state index is 11.8. The fraction of sp³-hybridized carbons (Fsp3) is 0.385. The molecule has 0 saturated heterocycles. The van der Waals surface area contributed by atoms with Crippen molar-refractivity contribution in [3.63, 3.8) is 0 Å². The number of rotatable bonds is 7. The van der Waals surface area contributed by atoms with Crippen molar-refractivity contribution in [2.75, 3.05) is 19.0 Å². The van der Waals surface area contributed by atoms with Crippen LogP contribution < -0.4 is 5.32 Å². The van der Waals surface area contributed by atoms with Gasteiger partial charge in [-0.25, -0.2) is 0 Å². The van der Waals surface area contributed by atoms with Crippen molar-refractivity contribution in [2.45, 2.75) is 19.4 Å². The van der Waals surface area contributed by atoms with Crippen LogP contribution in [0.15, 0.2) is 24.5 Å². The van der Waals surface area contributed by atoms with Gasteiger partial charge in [0.05, 0.1) is 29.4 Å². The fourth-order valence-corrected chi connectivity index (χ4v) is 2.77. The molecule has 0 aliphatic heterocycles. The summed E-state index contributed by atoms with van der Waals surface area (Å²) in [4.78, 5) is 12.9. The molecule has 0 fully saturated rings. The minimum absolute atomic E-state index is 0.0270. The molecule has 5 nitrogen and oxygen atoms in total. The van der Waals surface area contributed by atoms with Crippen molar-refractivity contribution < 1.29 is 9.53 Å². The Morgan fingerprint density at radius 1 is 1.55 bits per heavy atom. The van der Waals surface area contributed by atoms with Gasteiger partial charge in [-0.1, -0.05) is 11.6 Å². The van der Waals surface area contributed by atoms with Crippen LogP contribution in [0.25, 0.3) is 0 Å². The van der Waals surface area contributed by atoms with Crippen molar-refractivity contribution >= 4 is 34.5 Å². The second-order valence-corrected chi connectivity index (χ2v) is 6.04. The second-order valence-electron chi connectivity index (χ2n) is 4.24.